The van der Waals surface area contributed by atoms with Crippen LogP contribution in [0, 0.1) is 13.8 Å². The van der Waals surface area contributed by atoms with E-state index in [2.05, 4.69) is 15.4 Å². The second-order valence-electron chi connectivity index (χ2n) is 5.81. The molecule has 7 nitrogen and oxygen atoms in total. The van der Waals surface area contributed by atoms with Gasteiger partial charge in [0.25, 0.3) is 0 Å². The third-order valence-electron chi connectivity index (χ3n) is 3.70. The largest absolute Gasteiger partial charge is 0.423 e. The molecule has 1 aromatic carbocycles. The molecule has 0 unspecified atom stereocenters. The third kappa shape index (κ3) is 3.35. The minimum Gasteiger partial charge on any atom is -0.423 e. The van der Waals surface area contributed by atoms with Crippen LogP contribution in [0.2, 0.25) is 0 Å². The van der Waals surface area contributed by atoms with Crippen molar-refractivity contribution < 1.29 is 14.3 Å². The van der Waals surface area contributed by atoms with Crippen LogP contribution in [0.4, 0.5) is 5.69 Å². The molecule has 25 heavy (non-hydrogen) atoms. The van der Waals surface area contributed by atoms with Gasteiger partial charge < -0.3 is 10.1 Å². The molecule has 7 heteroatoms. The Bertz CT molecular complexity index is 974. The summed E-state index contributed by atoms with van der Waals surface area (Å²) in [5.41, 5.74) is 3.14. The van der Waals surface area contributed by atoms with Crippen LogP contribution in [0.1, 0.15) is 28.7 Å². The highest BCUT2D eigenvalue weighted by Crippen LogP contribution is 2.24. The predicted octanol–water partition coefficient (Wildman–Crippen LogP) is 2.76. The summed E-state index contributed by atoms with van der Waals surface area (Å²) in [6, 6.07) is 8.31. The Hall–Kier alpha value is -3.22. The van der Waals surface area contributed by atoms with Crippen molar-refractivity contribution in [1.82, 2.24) is 14.8 Å². The molecule has 3 aromatic rings. The summed E-state index contributed by atoms with van der Waals surface area (Å²) in [4.78, 5) is 28.1. The molecule has 0 aliphatic carbocycles. The van der Waals surface area contributed by atoms with Crippen LogP contribution in [-0.4, -0.2) is 26.6 Å². The number of carbonyl (C=O) groups excluding carboxylic acids is 2. The number of carbonyl (C=O) groups is 2. The van der Waals surface area contributed by atoms with Crippen LogP contribution in [0.15, 0.2) is 30.3 Å². The Kier molecular flexibility index (Phi) is 4.22. The quantitative estimate of drug-likeness (QED) is 0.586. The van der Waals surface area contributed by atoms with E-state index in [0.717, 1.165) is 5.69 Å². The van der Waals surface area contributed by atoms with E-state index in [-0.39, 0.29) is 5.91 Å². The van der Waals surface area contributed by atoms with E-state index >= 15 is 0 Å². The number of esters is 1. The van der Waals surface area contributed by atoms with E-state index in [4.69, 9.17) is 4.74 Å². The number of aryl methyl sites for hydroxylation is 3. The Morgan fingerprint density at radius 3 is 2.48 bits per heavy atom. The van der Waals surface area contributed by atoms with Crippen molar-refractivity contribution in [3.63, 3.8) is 0 Å². The highest BCUT2D eigenvalue weighted by Gasteiger charge is 2.19. The molecular formula is C18H18N4O3. The fourth-order valence-electron chi connectivity index (χ4n) is 2.70. The maximum absolute atomic E-state index is 12.6. The van der Waals surface area contributed by atoms with Gasteiger partial charge in [0.15, 0.2) is 5.65 Å². The molecule has 0 radical (unpaired) electrons. The van der Waals surface area contributed by atoms with Crippen LogP contribution < -0.4 is 10.1 Å². The van der Waals surface area contributed by atoms with Crippen LogP contribution in [0.25, 0.3) is 11.0 Å². The van der Waals surface area contributed by atoms with Gasteiger partial charge in [0, 0.05) is 25.4 Å². The number of anilines is 1. The molecular weight excluding hydrogens is 320 g/mol. The van der Waals surface area contributed by atoms with Crippen LogP contribution >= 0.6 is 0 Å². The number of aromatic nitrogens is 3. The normalized spacial score (nSPS) is 10.7. The standard InChI is InChI=1S/C18H18N4O3/c1-10-9-15(16-11(2)21-22(4)17(16)19-10)18(24)25-14-7-5-13(6-8-14)20-12(3)23/h5-9H,1-4H3,(H,20,23). The van der Waals surface area contributed by atoms with Crippen LogP contribution in [0.5, 0.6) is 5.75 Å². The highest BCUT2D eigenvalue weighted by molar-refractivity contribution is 6.04. The number of pyridine rings is 1. The van der Waals surface area contributed by atoms with Crippen molar-refractivity contribution in [2.45, 2.75) is 20.8 Å². The molecule has 0 fully saturated rings. The molecule has 0 spiro atoms. The van der Waals surface area contributed by atoms with Gasteiger partial charge in [-0.3, -0.25) is 9.48 Å². The van der Waals surface area contributed by atoms with Crippen molar-refractivity contribution >= 4 is 28.6 Å². The van der Waals surface area contributed by atoms with E-state index in [9.17, 15) is 9.59 Å². The number of rotatable bonds is 3. The lowest BCUT2D eigenvalue weighted by molar-refractivity contribution is -0.114. The zero-order chi connectivity index (χ0) is 18.1. The number of fused-ring (bicyclic) bond motifs is 1. The van der Waals surface area contributed by atoms with Gasteiger partial charge in [-0.25, -0.2) is 9.78 Å². The summed E-state index contributed by atoms with van der Waals surface area (Å²) >= 11 is 0. The number of amides is 1. The zero-order valence-corrected chi connectivity index (χ0v) is 14.5. The lowest BCUT2D eigenvalue weighted by atomic mass is 10.1. The summed E-state index contributed by atoms with van der Waals surface area (Å²) in [5.74, 6) is -0.242. The zero-order valence-electron chi connectivity index (χ0n) is 14.5. The minimum absolute atomic E-state index is 0.161. The van der Waals surface area contributed by atoms with Gasteiger partial charge >= 0.3 is 5.97 Å². The van der Waals surface area contributed by atoms with Crippen molar-refractivity contribution in [2.24, 2.45) is 7.05 Å². The SMILES string of the molecule is CC(=O)Nc1ccc(OC(=O)c2cc(C)nc3c2c(C)nn3C)cc1. The Labute approximate surface area is 144 Å². The topological polar surface area (TPSA) is 86.1 Å². The molecule has 128 valence electrons. The Balaban J connectivity index is 1.91. The molecule has 3 rings (SSSR count). The number of hydrogen-bond acceptors (Lipinski definition) is 5. The molecule has 1 N–H and O–H groups in total. The number of nitrogens with one attached hydrogen (secondary N) is 1. The van der Waals surface area contributed by atoms with Gasteiger partial charge in [0.05, 0.1) is 16.6 Å². The molecule has 0 atom stereocenters. The molecule has 0 saturated heterocycles. The average Bonchev–Trinajstić information content (AvgIpc) is 2.82. The number of hydrogen-bond donors (Lipinski definition) is 1. The lowest BCUT2D eigenvalue weighted by Crippen LogP contribution is -2.11. The van der Waals surface area contributed by atoms with Crippen molar-refractivity contribution in [3.8, 4) is 5.75 Å². The first-order chi connectivity index (χ1) is 11.8. The molecule has 0 bridgehead atoms. The van der Waals surface area contributed by atoms with Crippen molar-refractivity contribution in [1.29, 1.82) is 0 Å². The first-order valence-electron chi connectivity index (χ1n) is 7.76. The number of ether oxygens (including phenoxy) is 1. The molecule has 0 aliphatic rings. The minimum atomic E-state index is -0.473. The summed E-state index contributed by atoms with van der Waals surface area (Å²) in [6.45, 7) is 5.08. The van der Waals surface area contributed by atoms with Gasteiger partial charge in [-0.05, 0) is 44.2 Å². The second kappa shape index (κ2) is 6.35. The molecule has 0 saturated carbocycles. The maximum Gasteiger partial charge on any atom is 0.344 e. The summed E-state index contributed by atoms with van der Waals surface area (Å²) in [7, 11) is 1.79. The maximum atomic E-state index is 12.6. The van der Waals surface area contributed by atoms with Gasteiger partial charge in [-0.2, -0.15) is 5.10 Å². The number of nitrogens with zero attached hydrogens (tertiary/aromatic N) is 3. The fraction of sp³-hybridized carbons (Fsp3) is 0.222. The van der Waals surface area contributed by atoms with Gasteiger partial charge in [0.2, 0.25) is 5.91 Å². The summed E-state index contributed by atoms with van der Waals surface area (Å²) < 4.78 is 7.12. The van der Waals surface area contributed by atoms with Crippen LogP contribution in [0.3, 0.4) is 0 Å². The first kappa shape index (κ1) is 16.6. The van der Waals surface area contributed by atoms with Gasteiger partial charge in [-0.1, -0.05) is 0 Å². The van der Waals surface area contributed by atoms with Gasteiger partial charge in [0.1, 0.15) is 5.75 Å². The predicted molar refractivity (Wildman–Crippen MR) is 93.7 cm³/mol. The van der Waals surface area contributed by atoms with E-state index in [1.807, 2.05) is 13.8 Å². The Morgan fingerprint density at radius 1 is 1.16 bits per heavy atom. The summed E-state index contributed by atoms with van der Waals surface area (Å²) in [6.07, 6.45) is 0. The van der Waals surface area contributed by atoms with E-state index < -0.39 is 5.97 Å². The van der Waals surface area contributed by atoms with Crippen molar-refractivity contribution in [3.05, 3.63) is 47.3 Å². The lowest BCUT2D eigenvalue weighted by Gasteiger charge is -2.08. The summed E-state index contributed by atoms with van der Waals surface area (Å²) in [5, 5.41) is 7.67. The van der Waals surface area contributed by atoms with Gasteiger partial charge in [-0.15, -0.1) is 0 Å². The van der Waals surface area contributed by atoms with E-state index in [0.29, 0.717) is 33.7 Å². The number of benzene rings is 1. The van der Waals surface area contributed by atoms with Crippen molar-refractivity contribution in [2.75, 3.05) is 5.32 Å². The smallest absolute Gasteiger partial charge is 0.344 e. The third-order valence-corrected chi connectivity index (χ3v) is 3.70. The fourth-order valence-corrected chi connectivity index (χ4v) is 2.70. The molecule has 2 heterocycles. The first-order valence-corrected chi connectivity index (χ1v) is 7.76. The highest BCUT2D eigenvalue weighted by atomic mass is 16.5. The van der Waals surface area contributed by atoms with E-state index in [1.54, 1.807) is 42.1 Å². The second-order valence-corrected chi connectivity index (χ2v) is 5.81. The average molecular weight is 338 g/mol. The van der Waals surface area contributed by atoms with Crippen LogP contribution in [-0.2, 0) is 11.8 Å². The monoisotopic (exact) mass is 338 g/mol. The molecule has 1 amide bonds. The Morgan fingerprint density at radius 2 is 1.84 bits per heavy atom. The van der Waals surface area contributed by atoms with E-state index in [1.165, 1.54) is 6.92 Å². The molecule has 0 aliphatic heterocycles. The molecule has 2 aromatic heterocycles.